The van der Waals surface area contributed by atoms with Gasteiger partial charge in [0.15, 0.2) is 0 Å². The molecule has 0 radical (unpaired) electrons. The second kappa shape index (κ2) is 5.07. The molecule has 1 rings (SSSR count). The van der Waals surface area contributed by atoms with E-state index in [-0.39, 0.29) is 13.2 Å². The van der Waals surface area contributed by atoms with Gasteiger partial charge in [0.1, 0.15) is 6.61 Å². The Balaban J connectivity index is 2.61. The Labute approximate surface area is 78.2 Å². The summed E-state index contributed by atoms with van der Waals surface area (Å²) in [4.78, 5) is 0. The van der Waals surface area contributed by atoms with Gasteiger partial charge in [-0.05, 0) is 23.6 Å². The molecule has 1 aromatic carbocycles. The van der Waals surface area contributed by atoms with Crippen LogP contribution in [0.1, 0.15) is 5.56 Å². The Morgan fingerprint density at radius 2 is 2.00 bits per heavy atom. The fourth-order valence-electron chi connectivity index (χ4n) is 0.865. The predicted molar refractivity (Wildman–Crippen MR) is 51.5 cm³/mol. The molecule has 0 saturated carbocycles. The van der Waals surface area contributed by atoms with Crippen LogP contribution in [0.3, 0.4) is 0 Å². The van der Waals surface area contributed by atoms with Gasteiger partial charge in [0.25, 0.3) is 0 Å². The Kier molecular flexibility index (Phi) is 4.03. The number of hydrogen-bond acceptors (Lipinski definition) is 3. The highest BCUT2D eigenvalue weighted by molar-refractivity contribution is 7.48. The van der Waals surface area contributed by atoms with Gasteiger partial charge in [0.2, 0.25) is 5.30 Å². The fourth-order valence-corrected chi connectivity index (χ4v) is 1.65. The van der Waals surface area contributed by atoms with Crippen LogP contribution < -0.4 is 5.30 Å². The molecule has 0 amide bonds. The van der Waals surface area contributed by atoms with Gasteiger partial charge in [-0.3, -0.25) is 0 Å². The lowest BCUT2D eigenvalue weighted by Gasteiger charge is -1.89. The van der Waals surface area contributed by atoms with Crippen molar-refractivity contribution in [2.75, 3.05) is 13.2 Å². The van der Waals surface area contributed by atoms with Crippen LogP contribution >= 0.6 is 8.03 Å². The second-order valence-corrected chi connectivity index (χ2v) is 3.94. The largest absolute Gasteiger partial charge is 0.548 e. The molecule has 1 unspecified atom stereocenters. The highest BCUT2D eigenvalue weighted by Gasteiger charge is 2.20. The average molecular weight is 199 g/mol. The maximum atomic E-state index is 11.3. The molecule has 0 fully saturated rings. The highest BCUT2D eigenvalue weighted by atomic mass is 31.1. The number of aliphatic hydroxyl groups excluding tert-OH is 1. The standard InChI is InChI=1S/C9H12O3P/c1-8-2-4-9(5-3-8)13(11)12-7-6-10/h2-5,10H,6-7H2,1H3/q+1. The third-order valence-corrected chi connectivity index (χ3v) is 2.68. The first kappa shape index (κ1) is 10.3. The first-order chi connectivity index (χ1) is 6.24. The van der Waals surface area contributed by atoms with E-state index in [9.17, 15) is 4.57 Å². The zero-order valence-corrected chi connectivity index (χ0v) is 8.33. The van der Waals surface area contributed by atoms with Crippen molar-refractivity contribution in [3.05, 3.63) is 29.8 Å². The molecular weight excluding hydrogens is 187 g/mol. The minimum atomic E-state index is -1.80. The number of aryl methyl sites for hydroxylation is 1. The average Bonchev–Trinajstić information content (AvgIpc) is 2.15. The number of hydrogen-bond donors (Lipinski definition) is 1. The van der Waals surface area contributed by atoms with E-state index < -0.39 is 8.03 Å². The van der Waals surface area contributed by atoms with E-state index in [1.807, 2.05) is 19.1 Å². The Bertz CT molecular complexity index is 281. The summed E-state index contributed by atoms with van der Waals surface area (Å²) in [5, 5.41) is 9.11. The van der Waals surface area contributed by atoms with E-state index >= 15 is 0 Å². The molecule has 1 atom stereocenters. The first-order valence-electron chi connectivity index (χ1n) is 4.02. The molecule has 3 nitrogen and oxygen atoms in total. The number of benzene rings is 1. The van der Waals surface area contributed by atoms with Crippen molar-refractivity contribution in [1.29, 1.82) is 0 Å². The fraction of sp³-hybridized carbons (Fsp3) is 0.333. The van der Waals surface area contributed by atoms with Gasteiger partial charge in [0.05, 0.1) is 6.61 Å². The minimum Gasteiger partial charge on any atom is -0.394 e. The third-order valence-electron chi connectivity index (χ3n) is 1.54. The van der Waals surface area contributed by atoms with E-state index in [1.165, 1.54) is 0 Å². The van der Waals surface area contributed by atoms with Crippen LogP contribution in [0.5, 0.6) is 0 Å². The van der Waals surface area contributed by atoms with Gasteiger partial charge in [0, 0.05) is 0 Å². The summed E-state index contributed by atoms with van der Waals surface area (Å²) in [5.74, 6) is 0. The van der Waals surface area contributed by atoms with Crippen molar-refractivity contribution >= 4 is 13.3 Å². The normalized spacial score (nSPS) is 11.4. The maximum absolute atomic E-state index is 11.3. The molecule has 13 heavy (non-hydrogen) atoms. The minimum absolute atomic E-state index is 0.104. The third kappa shape index (κ3) is 3.23. The van der Waals surface area contributed by atoms with E-state index in [2.05, 4.69) is 0 Å². The van der Waals surface area contributed by atoms with Gasteiger partial charge >= 0.3 is 8.03 Å². The van der Waals surface area contributed by atoms with Gasteiger partial charge < -0.3 is 5.11 Å². The molecule has 0 heterocycles. The summed E-state index contributed by atoms with van der Waals surface area (Å²) < 4.78 is 16.2. The van der Waals surface area contributed by atoms with E-state index in [0.29, 0.717) is 5.30 Å². The molecule has 0 saturated heterocycles. The van der Waals surface area contributed by atoms with Crippen molar-refractivity contribution in [2.45, 2.75) is 6.92 Å². The predicted octanol–water partition coefficient (Wildman–Crippen LogP) is 1.37. The molecular formula is C9H12O3P+. The molecule has 0 spiro atoms. The monoisotopic (exact) mass is 199 g/mol. The van der Waals surface area contributed by atoms with Gasteiger partial charge in [-0.2, -0.15) is 0 Å². The summed E-state index contributed by atoms with van der Waals surface area (Å²) in [5.41, 5.74) is 1.12. The Morgan fingerprint density at radius 3 is 2.54 bits per heavy atom. The number of aliphatic hydroxyl groups is 1. The lowest BCUT2D eigenvalue weighted by molar-refractivity contribution is 0.210. The topological polar surface area (TPSA) is 46.5 Å². The molecule has 0 aliphatic carbocycles. The van der Waals surface area contributed by atoms with Crippen LogP contribution in [0.15, 0.2) is 24.3 Å². The van der Waals surface area contributed by atoms with Crippen LogP contribution in [0.2, 0.25) is 0 Å². The van der Waals surface area contributed by atoms with Gasteiger partial charge in [-0.15, -0.1) is 4.52 Å². The summed E-state index contributed by atoms with van der Waals surface area (Å²) in [7, 11) is -1.80. The zero-order chi connectivity index (χ0) is 9.68. The lowest BCUT2D eigenvalue weighted by Crippen LogP contribution is -2.00. The van der Waals surface area contributed by atoms with E-state index in [1.54, 1.807) is 12.1 Å². The Morgan fingerprint density at radius 1 is 1.38 bits per heavy atom. The van der Waals surface area contributed by atoms with Crippen molar-refractivity contribution in [3.63, 3.8) is 0 Å². The summed E-state index contributed by atoms with van der Waals surface area (Å²) in [6.07, 6.45) is 0. The maximum Gasteiger partial charge on any atom is 0.548 e. The summed E-state index contributed by atoms with van der Waals surface area (Å²) >= 11 is 0. The second-order valence-electron chi connectivity index (χ2n) is 2.65. The van der Waals surface area contributed by atoms with E-state index in [0.717, 1.165) is 5.56 Å². The molecule has 1 N–H and O–H groups in total. The van der Waals surface area contributed by atoms with Crippen LogP contribution in [-0.2, 0) is 9.09 Å². The quantitative estimate of drug-likeness (QED) is 0.745. The van der Waals surface area contributed by atoms with Crippen molar-refractivity contribution in [2.24, 2.45) is 0 Å². The molecule has 4 heteroatoms. The van der Waals surface area contributed by atoms with Crippen LogP contribution in [0.4, 0.5) is 0 Å². The Hall–Kier alpha value is -0.760. The summed E-state index contributed by atoms with van der Waals surface area (Å²) in [6.45, 7) is 1.97. The molecule has 0 bridgehead atoms. The van der Waals surface area contributed by atoms with Crippen LogP contribution in [-0.4, -0.2) is 18.3 Å². The molecule has 0 aliphatic rings. The van der Waals surface area contributed by atoms with E-state index in [4.69, 9.17) is 9.63 Å². The zero-order valence-electron chi connectivity index (χ0n) is 7.43. The summed E-state index contributed by atoms with van der Waals surface area (Å²) in [6, 6.07) is 7.30. The van der Waals surface area contributed by atoms with Gasteiger partial charge in [-0.1, -0.05) is 17.7 Å². The molecule has 0 aliphatic heterocycles. The smallest absolute Gasteiger partial charge is 0.394 e. The van der Waals surface area contributed by atoms with Crippen LogP contribution in [0.25, 0.3) is 0 Å². The lowest BCUT2D eigenvalue weighted by atomic mass is 10.2. The molecule has 70 valence electrons. The molecule has 1 aromatic rings. The van der Waals surface area contributed by atoms with Crippen LogP contribution in [0, 0.1) is 6.92 Å². The SMILES string of the molecule is Cc1ccc([P+](=O)OCCO)cc1. The number of rotatable bonds is 4. The highest BCUT2D eigenvalue weighted by Crippen LogP contribution is 2.20. The van der Waals surface area contributed by atoms with Crippen molar-refractivity contribution in [1.82, 2.24) is 0 Å². The van der Waals surface area contributed by atoms with Crippen molar-refractivity contribution in [3.8, 4) is 0 Å². The molecule has 0 aromatic heterocycles. The van der Waals surface area contributed by atoms with Gasteiger partial charge in [-0.25, -0.2) is 0 Å². The van der Waals surface area contributed by atoms with Crippen molar-refractivity contribution < 1.29 is 14.2 Å². The first-order valence-corrected chi connectivity index (χ1v) is 5.19.